The average Bonchev–Trinajstić information content (AvgIpc) is 2.45. The number of rotatable bonds is 8. The fourth-order valence-electron chi connectivity index (χ4n) is 1.57. The molecule has 1 atom stereocenters. The van der Waals surface area contributed by atoms with E-state index in [1.54, 1.807) is 24.3 Å². The summed E-state index contributed by atoms with van der Waals surface area (Å²) in [5.41, 5.74) is 0.573. The third kappa shape index (κ3) is 5.61. The summed E-state index contributed by atoms with van der Waals surface area (Å²) in [4.78, 5) is 11.9. The molecule has 0 fully saturated rings. The second-order valence-electron chi connectivity index (χ2n) is 5.25. The second-order valence-corrected chi connectivity index (χ2v) is 5.25. The second kappa shape index (κ2) is 8.59. The van der Waals surface area contributed by atoms with Crippen LogP contribution in [0.3, 0.4) is 0 Å². The van der Waals surface area contributed by atoms with Crippen molar-refractivity contribution in [3.63, 3.8) is 0 Å². The van der Waals surface area contributed by atoms with Gasteiger partial charge in [-0.3, -0.25) is 4.79 Å². The minimum atomic E-state index is -0.518. The summed E-state index contributed by atoms with van der Waals surface area (Å²) >= 11 is 0. The Labute approximate surface area is 121 Å². The molecule has 1 rings (SSSR count). The monoisotopic (exact) mass is 279 g/mol. The zero-order valence-corrected chi connectivity index (χ0v) is 12.6. The molecule has 2 N–H and O–H groups in total. The van der Waals surface area contributed by atoms with Crippen LogP contribution in [0.4, 0.5) is 0 Å². The van der Waals surface area contributed by atoms with E-state index in [1.807, 2.05) is 13.8 Å². The summed E-state index contributed by atoms with van der Waals surface area (Å²) in [6.45, 7) is 6.91. The topological polar surface area (TPSA) is 58.6 Å². The average molecular weight is 279 g/mol. The zero-order chi connectivity index (χ0) is 15.0. The lowest BCUT2D eigenvalue weighted by molar-refractivity contribution is 0.0871. The van der Waals surface area contributed by atoms with Crippen molar-refractivity contribution >= 4 is 5.91 Å². The van der Waals surface area contributed by atoms with Crippen molar-refractivity contribution in [3.8, 4) is 5.75 Å². The number of aliphatic hydroxyl groups excluding tert-OH is 1. The highest BCUT2D eigenvalue weighted by Crippen LogP contribution is 2.12. The van der Waals surface area contributed by atoms with E-state index in [4.69, 9.17) is 4.74 Å². The van der Waals surface area contributed by atoms with Crippen LogP contribution in [-0.4, -0.2) is 30.3 Å². The maximum atomic E-state index is 11.9. The molecule has 0 aromatic heterocycles. The molecular formula is C16H25NO3. The van der Waals surface area contributed by atoms with E-state index in [0.717, 1.165) is 18.6 Å². The summed E-state index contributed by atoms with van der Waals surface area (Å²) in [5.74, 6) is 0.728. The van der Waals surface area contributed by atoms with E-state index < -0.39 is 6.10 Å². The maximum Gasteiger partial charge on any atom is 0.251 e. The number of unbranched alkanes of at least 4 members (excludes halogenated alkanes) is 1. The molecule has 0 radical (unpaired) electrons. The van der Waals surface area contributed by atoms with Gasteiger partial charge in [0.05, 0.1) is 12.7 Å². The molecule has 20 heavy (non-hydrogen) atoms. The van der Waals surface area contributed by atoms with Crippen LogP contribution in [-0.2, 0) is 0 Å². The van der Waals surface area contributed by atoms with Gasteiger partial charge in [-0.25, -0.2) is 0 Å². The SMILES string of the molecule is CCCCOc1ccc(C(=O)NCC(O)C(C)C)cc1. The lowest BCUT2D eigenvalue weighted by Crippen LogP contribution is -2.34. The Hall–Kier alpha value is -1.55. The minimum Gasteiger partial charge on any atom is -0.494 e. The van der Waals surface area contributed by atoms with Crippen LogP contribution < -0.4 is 10.1 Å². The van der Waals surface area contributed by atoms with Gasteiger partial charge >= 0.3 is 0 Å². The number of aliphatic hydroxyl groups is 1. The zero-order valence-electron chi connectivity index (χ0n) is 12.6. The lowest BCUT2D eigenvalue weighted by Gasteiger charge is -2.15. The normalized spacial score (nSPS) is 12.2. The highest BCUT2D eigenvalue weighted by molar-refractivity contribution is 5.94. The Balaban J connectivity index is 2.45. The molecule has 0 heterocycles. The van der Waals surface area contributed by atoms with Gasteiger partial charge in [-0.2, -0.15) is 0 Å². The van der Waals surface area contributed by atoms with Crippen LogP contribution in [0.5, 0.6) is 5.75 Å². The Bertz CT molecular complexity index is 401. The van der Waals surface area contributed by atoms with E-state index in [9.17, 15) is 9.90 Å². The third-order valence-electron chi connectivity index (χ3n) is 3.12. The summed E-state index contributed by atoms with van der Waals surface area (Å²) in [5, 5.41) is 12.4. The van der Waals surface area contributed by atoms with Gasteiger partial charge in [0.1, 0.15) is 5.75 Å². The Morgan fingerprint density at radius 1 is 1.30 bits per heavy atom. The van der Waals surface area contributed by atoms with Gasteiger partial charge in [0, 0.05) is 12.1 Å². The summed E-state index contributed by atoms with van der Waals surface area (Å²) in [7, 11) is 0. The van der Waals surface area contributed by atoms with Gasteiger partial charge in [-0.05, 0) is 36.6 Å². The largest absolute Gasteiger partial charge is 0.494 e. The van der Waals surface area contributed by atoms with Crippen LogP contribution in [0.1, 0.15) is 44.0 Å². The minimum absolute atomic E-state index is 0.129. The van der Waals surface area contributed by atoms with Crippen molar-refractivity contribution in [3.05, 3.63) is 29.8 Å². The predicted octanol–water partition coefficient (Wildman–Crippen LogP) is 2.61. The van der Waals surface area contributed by atoms with Crippen molar-refractivity contribution in [1.82, 2.24) is 5.32 Å². The number of hydrogen-bond donors (Lipinski definition) is 2. The highest BCUT2D eigenvalue weighted by atomic mass is 16.5. The molecule has 112 valence electrons. The smallest absolute Gasteiger partial charge is 0.251 e. The van der Waals surface area contributed by atoms with Crippen molar-refractivity contribution < 1.29 is 14.6 Å². The molecule has 1 amide bonds. The number of carbonyl (C=O) groups excluding carboxylic acids is 1. The number of nitrogens with one attached hydrogen (secondary N) is 1. The molecule has 1 aromatic carbocycles. The van der Waals surface area contributed by atoms with Crippen LogP contribution >= 0.6 is 0 Å². The van der Waals surface area contributed by atoms with Crippen LogP contribution in [0.2, 0.25) is 0 Å². The van der Waals surface area contributed by atoms with E-state index >= 15 is 0 Å². The number of carbonyl (C=O) groups is 1. The predicted molar refractivity (Wildman–Crippen MR) is 80.0 cm³/mol. The first-order valence-electron chi connectivity index (χ1n) is 7.23. The molecule has 4 nitrogen and oxygen atoms in total. The lowest BCUT2D eigenvalue weighted by atomic mass is 10.1. The molecule has 1 unspecified atom stereocenters. The summed E-state index contributed by atoms with van der Waals surface area (Å²) in [6, 6.07) is 7.06. The molecule has 0 aliphatic rings. The van der Waals surface area contributed by atoms with Crippen LogP contribution in [0.15, 0.2) is 24.3 Å². The number of amides is 1. The van der Waals surface area contributed by atoms with Gasteiger partial charge in [-0.1, -0.05) is 27.2 Å². The van der Waals surface area contributed by atoms with Crippen molar-refractivity contribution in [1.29, 1.82) is 0 Å². The van der Waals surface area contributed by atoms with E-state index in [1.165, 1.54) is 0 Å². The van der Waals surface area contributed by atoms with Crippen molar-refractivity contribution in [2.45, 2.75) is 39.7 Å². The maximum absolute atomic E-state index is 11.9. The standard InChI is InChI=1S/C16H25NO3/c1-4-5-10-20-14-8-6-13(7-9-14)16(19)17-11-15(18)12(2)3/h6-9,12,15,18H,4-5,10-11H2,1-3H3,(H,17,19). The first kappa shape index (κ1) is 16.5. The van der Waals surface area contributed by atoms with Gasteiger partial charge in [0.2, 0.25) is 0 Å². The molecule has 0 saturated carbocycles. The van der Waals surface area contributed by atoms with Gasteiger partial charge in [0.25, 0.3) is 5.91 Å². The quantitative estimate of drug-likeness (QED) is 0.719. The van der Waals surface area contributed by atoms with E-state index in [-0.39, 0.29) is 18.4 Å². The molecule has 1 aromatic rings. The molecule has 0 aliphatic carbocycles. The van der Waals surface area contributed by atoms with Crippen molar-refractivity contribution in [2.75, 3.05) is 13.2 Å². The molecule has 0 spiro atoms. The van der Waals surface area contributed by atoms with Gasteiger partial charge in [0.15, 0.2) is 0 Å². The number of ether oxygens (including phenoxy) is 1. The highest BCUT2D eigenvalue weighted by Gasteiger charge is 2.11. The molecule has 0 saturated heterocycles. The first-order valence-corrected chi connectivity index (χ1v) is 7.23. The fourth-order valence-corrected chi connectivity index (χ4v) is 1.57. The molecule has 4 heteroatoms. The third-order valence-corrected chi connectivity index (χ3v) is 3.12. The molecule has 0 aliphatic heterocycles. The Morgan fingerprint density at radius 3 is 2.50 bits per heavy atom. The first-order chi connectivity index (χ1) is 9.54. The summed E-state index contributed by atoms with van der Waals surface area (Å²) < 4.78 is 5.54. The summed E-state index contributed by atoms with van der Waals surface area (Å²) in [6.07, 6.45) is 1.60. The van der Waals surface area contributed by atoms with Crippen LogP contribution in [0.25, 0.3) is 0 Å². The van der Waals surface area contributed by atoms with Gasteiger partial charge in [-0.15, -0.1) is 0 Å². The van der Waals surface area contributed by atoms with Crippen molar-refractivity contribution in [2.24, 2.45) is 5.92 Å². The van der Waals surface area contributed by atoms with E-state index in [2.05, 4.69) is 12.2 Å². The Morgan fingerprint density at radius 2 is 1.95 bits per heavy atom. The number of hydrogen-bond acceptors (Lipinski definition) is 3. The number of benzene rings is 1. The van der Waals surface area contributed by atoms with Gasteiger partial charge < -0.3 is 15.2 Å². The Kier molecular flexibility index (Phi) is 7.09. The molecular weight excluding hydrogens is 254 g/mol. The fraction of sp³-hybridized carbons (Fsp3) is 0.562. The van der Waals surface area contributed by atoms with E-state index in [0.29, 0.717) is 12.2 Å². The molecule has 0 bridgehead atoms. The van der Waals surface area contributed by atoms with Crippen LogP contribution in [0, 0.1) is 5.92 Å².